The lowest BCUT2D eigenvalue weighted by Crippen LogP contribution is -2.29. The molecule has 0 spiro atoms. The standard InChI is InChI=1S/C13H18FNO4S/c1-19-9-10-4-5-15(7-10)20(17,18)12-2-3-13(14)11(6-12)8-16/h2-3,6,10,16H,4-5,7-9H2,1H3. The van der Waals surface area contributed by atoms with Crippen molar-refractivity contribution in [2.45, 2.75) is 17.9 Å². The summed E-state index contributed by atoms with van der Waals surface area (Å²) in [6.45, 7) is 0.836. The molecule has 0 aromatic heterocycles. The molecule has 1 heterocycles. The third-order valence-electron chi connectivity index (χ3n) is 3.48. The number of halogens is 1. The number of methoxy groups -OCH3 is 1. The van der Waals surface area contributed by atoms with Crippen molar-refractivity contribution < 1.29 is 22.7 Å². The summed E-state index contributed by atoms with van der Waals surface area (Å²) >= 11 is 0. The molecule has 112 valence electrons. The Morgan fingerprint density at radius 2 is 2.25 bits per heavy atom. The highest BCUT2D eigenvalue weighted by Crippen LogP contribution is 2.25. The molecule has 0 aliphatic carbocycles. The van der Waals surface area contributed by atoms with Gasteiger partial charge in [-0.3, -0.25) is 0 Å². The Hall–Kier alpha value is -1.02. The van der Waals surface area contributed by atoms with Crippen LogP contribution in [0.25, 0.3) is 0 Å². The fourth-order valence-electron chi connectivity index (χ4n) is 2.37. The van der Waals surface area contributed by atoms with E-state index in [1.165, 1.54) is 16.4 Å². The first-order chi connectivity index (χ1) is 9.48. The summed E-state index contributed by atoms with van der Waals surface area (Å²) in [6, 6.07) is 3.49. The van der Waals surface area contributed by atoms with Gasteiger partial charge in [-0.05, 0) is 30.5 Å². The lowest BCUT2D eigenvalue weighted by molar-refractivity contribution is 0.157. The van der Waals surface area contributed by atoms with Crippen LogP contribution < -0.4 is 0 Å². The molecule has 1 N–H and O–H groups in total. The van der Waals surface area contributed by atoms with Crippen LogP contribution in [0.3, 0.4) is 0 Å². The van der Waals surface area contributed by atoms with Gasteiger partial charge in [-0.25, -0.2) is 12.8 Å². The summed E-state index contributed by atoms with van der Waals surface area (Å²) in [5.74, 6) is -0.419. The van der Waals surface area contributed by atoms with E-state index in [0.717, 1.165) is 12.5 Å². The van der Waals surface area contributed by atoms with E-state index in [4.69, 9.17) is 9.84 Å². The third kappa shape index (κ3) is 3.01. The van der Waals surface area contributed by atoms with Crippen molar-refractivity contribution in [2.24, 2.45) is 5.92 Å². The normalized spacial score (nSPS) is 20.4. The maximum atomic E-state index is 13.3. The van der Waals surface area contributed by atoms with Crippen LogP contribution in [0.2, 0.25) is 0 Å². The fourth-order valence-corrected chi connectivity index (χ4v) is 3.95. The number of hydrogen-bond donors (Lipinski definition) is 1. The maximum Gasteiger partial charge on any atom is 0.243 e. The van der Waals surface area contributed by atoms with Crippen LogP contribution in [0.1, 0.15) is 12.0 Å². The molecule has 0 amide bonds. The average molecular weight is 303 g/mol. The van der Waals surface area contributed by atoms with Gasteiger partial charge in [0.25, 0.3) is 0 Å². The van der Waals surface area contributed by atoms with Gasteiger partial charge in [-0.2, -0.15) is 4.31 Å². The Labute approximate surface area is 118 Å². The van der Waals surface area contributed by atoms with Crippen molar-refractivity contribution in [2.75, 3.05) is 26.8 Å². The quantitative estimate of drug-likeness (QED) is 0.880. The van der Waals surface area contributed by atoms with Crippen molar-refractivity contribution in [1.82, 2.24) is 4.31 Å². The molecular weight excluding hydrogens is 285 g/mol. The average Bonchev–Trinajstić information content (AvgIpc) is 2.89. The molecule has 1 aliphatic heterocycles. The van der Waals surface area contributed by atoms with E-state index in [1.54, 1.807) is 7.11 Å². The van der Waals surface area contributed by atoms with Gasteiger partial charge in [0.15, 0.2) is 0 Å². The van der Waals surface area contributed by atoms with E-state index < -0.39 is 22.4 Å². The van der Waals surface area contributed by atoms with E-state index in [2.05, 4.69) is 0 Å². The summed E-state index contributed by atoms with van der Waals surface area (Å²) in [4.78, 5) is 0.0148. The van der Waals surface area contributed by atoms with Gasteiger partial charge in [0.2, 0.25) is 10.0 Å². The van der Waals surface area contributed by atoms with Crippen LogP contribution in [0.15, 0.2) is 23.1 Å². The van der Waals surface area contributed by atoms with Crippen molar-refractivity contribution in [3.05, 3.63) is 29.6 Å². The van der Waals surface area contributed by atoms with Crippen LogP contribution in [-0.4, -0.2) is 44.6 Å². The van der Waals surface area contributed by atoms with Crippen molar-refractivity contribution >= 4 is 10.0 Å². The molecule has 1 aromatic carbocycles. The number of ether oxygens (including phenoxy) is 1. The molecule has 7 heteroatoms. The zero-order valence-electron chi connectivity index (χ0n) is 11.3. The Balaban J connectivity index is 2.23. The minimum atomic E-state index is -3.64. The van der Waals surface area contributed by atoms with Crippen LogP contribution >= 0.6 is 0 Å². The Morgan fingerprint density at radius 1 is 1.50 bits per heavy atom. The van der Waals surface area contributed by atoms with Gasteiger partial charge >= 0.3 is 0 Å². The zero-order chi connectivity index (χ0) is 14.8. The molecule has 1 saturated heterocycles. The highest BCUT2D eigenvalue weighted by Gasteiger charge is 2.32. The summed E-state index contributed by atoms with van der Waals surface area (Å²) in [5, 5.41) is 9.02. The second-order valence-corrected chi connectivity index (χ2v) is 6.82. The van der Waals surface area contributed by atoms with E-state index in [-0.39, 0.29) is 16.4 Å². The number of benzene rings is 1. The van der Waals surface area contributed by atoms with Gasteiger partial charge in [-0.15, -0.1) is 0 Å². The summed E-state index contributed by atoms with van der Waals surface area (Å²) in [6.07, 6.45) is 0.751. The highest BCUT2D eigenvalue weighted by molar-refractivity contribution is 7.89. The van der Waals surface area contributed by atoms with Gasteiger partial charge < -0.3 is 9.84 Å². The fraction of sp³-hybridized carbons (Fsp3) is 0.538. The lowest BCUT2D eigenvalue weighted by Gasteiger charge is -2.17. The number of nitrogens with zero attached hydrogens (tertiary/aromatic N) is 1. The molecule has 1 aliphatic rings. The summed E-state index contributed by atoms with van der Waals surface area (Å²) < 4.78 is 44.6. The van der Waals surface area contributed by atoms with E-state index in [1.807, 2.05) is 0 Å². The Kier molecular flexibility index (Phi) is 4.74. The van der Waals surface area contributed by atoms with E-state index >= 15 is 0 Å². The molecular formula is C13H18FNO4S. The second kappa shape index (κ2) is 6.17. The number of hydrogen-bond acceptors (Lipinski definition) is 4. The molecule has 5 nitrogen and oxygen atoms in total. The second-order valence-electron chi connectivity index (χ2n) is 4.88. The minimum absolute atomic E-state index is 0.0148. The highest BCUT2D eigenvalue weighted by atomic mass is 32.2. The number of aliphatic hydroxyl groups excluding tert-OH is 1. The molecule has 0 saturated carbocycles. The molecule has 1 atom stereocenters. The van der Waals surface area contributed by atoms with Crippen LogP contribution in [0.4, 0.5) is 4.39 Å². The molecule has 2 rings (SSSR count). The van der Waals surface area contributed by atoms with Crippen LogP contribution in [0, 0.1) is 11.7 Å². The third-order valence-corrected chi connectivity index (χ3v) is 5.34. The first-order valence-corrected chi connectivity index (χ1v) is 7.81. The molecule has 0 bridgehead atoms. The maximum absolute atomic E-state index is 13.3. The van der Waals surface area contributed by atoms with Crippen LogP contribution in [-0.2, 0) is 21.4 Å². The monoisotopic (exact) mass is 303 g/mol. The minimum Gasteiger partial charge on any atom is -0.392 e. The first kappa shape index (κ1) is 15.4. The van der Waals surface area contributed by atoms with Gasteiger partial charge in [-0.1, -0.05) is 0 Å². The van der Waals surface area contributed by atoms with Gasteiger partial charge in [0, 0.05) is 25.8 Å². The summed E-state index contributed by atoms with van der Waals surface area (Å²) in [7, 11) is -2.05. The molecule has 1 aromatic rings. The molecule has 20 heavy (non-hydrogen) atoms. The predicted molar refractivity (Wildman–Crippen MR) is 71.1 cm³/mol. The smallest absolute Gasteiger partial charge is 0.243 e. The predicted octanol–water partition coefficient (Wildman–Crippen LogP) is 0.975. The Bertz CT molecular complexity index is 576. The zero-order valence-corrected chi connectivity index (χ0v) is 12.1. The van der Waals surface area contributed by atoms with Crippen molar-refractivity contribution in [1.29, 1.82) is 0 Å². The van der Waals surface area contributed by atoms with Crippen molar-refractivity contribution in [3.63, 3.8) is 0 Å². The number of aliphatic hydroxyl groups is 1. The first-order valence-electron chi connectivity index (χ1n) is 6.37. The Morgan fingerprint density at radius 3 is 2.90 bits per heavy atom. The largest absolute Gasteiger partial charge is 0.392 e. The molecule has 1 unspecified atom stereocenters. The van der Waals surface area contributed by atoms with Crippen LogP contribution in [0.5, 0.6) is 0 Å². The lowest BCUT2D eigenvalue weighted by atomic mass is 10.1. The van der Waals surface area contributed by atoms with E-state index in [0.29, 0.717) is 19.7 Å². The molecule has 1 fully saturated rings. The van der Waals surface area contributed by atoms with Gasteiger partial charge in [0.1, 0.15) is 5.82 Å². The topological polar surface area (TPSA) is 66.8 Å². The number of sulfonamides is 1. The number of rotatable bonds is 5. The molecule has 0 radical (unpaired) electrons. The SMILES string of the molecule is COCC1CCN(S(=O)(=O)c2ccc(F)c(CO)c2)C1. The van der Waals surface area contributed by atoms with Gasteiger partial charge in [0.05, 0.1) is 18.1 Å². The van der Waals surface area contributed by atoms with Crippen molar-refractivity contribution in [3.8, 4) is 0 Å². The van der Waals surface area contributed by atoms with E-state index in [9.17, 15) is 12.8 Å². The summed E-state index contributed by atoms with van der Waals surface area (Å²) in [5.41, 5.74) is -0.0151.